The van der Waals surface area contributed by atoms with Crippen molar-refractivity contribution in [2.75, 3.05) is 5.32 Å². The highest BCUT2D eigenvalue weighted by atomic mass is 16.6. The van der Waals surface area contributed by atoms with E-state index >= 15 is 0 Å². The number of amides is 1. The van der Waals surface area contributed by atoms with Crippen molar-refractivity contribution in [3.63, 3.8) is 0 Å². The van der Waals surface area contributed by atoms with Crippen molar-refractivity contribution in [3.05, 3.63) is 29.8 Å². The van der Waals surface area contributed by atoms with E-state index in [2.05, 4.69) is 43.4 Å². The Morgan fingerprint density at radius 1 is 1.16 bits per heavy atom. The second-order valence-electron chi connectivity index (χ2n) is 8.83. The lowest BCUT2D eigenvalue weighted by atomic mass is 9.95. The molecule has 4 nitrogen and oxygen atoms in total. The Balaban J connectivity index is 1.67. The number of hydrogen-bond donors (Lipinski definition) is 1. The average molecular weight is 344 g/mol. The van der Waals surface area contributed by atoms with E-state index in [1.54, 1.807) is 0 Å². The van der Waals surface area contributed by atoms with Crippen LogP contribution in [-0.2, 0) is 4.74 Å². The van der Waals surface area contributed by atoms with Crippen LogP contribution in [0.25, 0.3) is 0 Å². The fourth-order valence-electron chi connectivity index (χ4n) is 4.26. The van der Waals surface area contributed by atoms with Crippen molar-refractivity contribution in [2.45, 2.75) is 89.9 Å². The molecule has 0 radical (unpaired) electrons. The van der Waals surface area contributed by atoms with E-state index in [-0.39, 0.29) is 6.09 Å². The van der Waals surface area contributed by atoms with Crippen LogP contribution in [0.4, 0.5) is 10.5 Å². The molecular formula is C21H32N2O2. The number of carbonyl (C=O) groups excluding carboxylic acids is 1. The molecule has 0 aromatic heterocycles. The van der Waals surface area contributed by atoms with Gasteiger partial charge in [0.25, 0.3) is 0 Å². The standard InChI is InChI=1S/C21H32N2O2/c1-14(2)18-8-6-7-9-19(18)22-15-12-16-10-11-17(13-15)23(16)20(24)25-21(3,4)5/h6-9,14-17,22H,10-13H2,1-5H3/t15?,16-,17+. The minimum Gasteiger partial charge on any atom is -0.444 e. The predicted octanol–water partition coefficient (Wildman–Crippen LogP) is 5.15. The third kappa shape index (κ3) is 4.10. The summed E-state index contributed by atoms with van der Waals surface area (Å²) >= 11 is 0. The highest BCUT2D eigenvalue weighted by molar-refractivity contribution is 5.70. The Bertz CT molecular complexity index is 607. The molecule has 1 aromatic carbocycles. The van der Waals surface area contributed by atoms with Crippen molar-refractivity contribution in [1.29, 1.82) is 0 Å². The zero-order valence-electron chi connectivity index (χ0n) is 16.2. The lowest BCUT2D eigenvalue weighted by Crippen LogP contribution is -2.51. The van der Waals surface area contributed by atoms with Crippen LogP contribution in [0, 0.1) is 0 Å². The molecule has 1 amide bonds. The first-order chi connectivity index (χ1) is 11.7. The molecule has 2 aliphatic heterocycles. The van der Waals surface area contributed by atoms with Crippen LogP contribution >= 0.6 is 0 Å². The zero-order valence-corrected chi connectivity index (χ0v) is 16.2. The molecule has 0 saturated carbocycles. The van der Waals surface area contributed by atoms with E-state index in [1.165, 1.54) is 11.3 Å². The number of rotatable bonds is 3. The van der Waals surface area contributed by atoms with Gasteiger partial charge in [0.2, 0.25) is 0 Å². The van der Waals surface area contributed by atoms with Gasteiger partial charge in [0.05, 0.1) is 0 Å². The topological polar surface area (TPSA) is 41.6 Å². The molecule has 2 heterocycles. The molecule has 1 unspecified atom stereocenters. The SMILES string of the molecule is CC(C)c1ccccc1NC1C[C@H]2CC[C@@H](C1)N2C(=O)OC(C)(C)C. The van der Waals surface area contributed by atoms with Gasteiger partial charge in [-0.05, 0) is 64.0 Å². The van der Waals surface area contributed by atoms with E-state index in [4.69, 9.17) is 4.74 Å². The van der Waals surface area contributed by atoms with Gasteiger partial charge in [-0.1, -0.05) is 32.0 Å². The first kappa shape index (κ1) is 18.1. The van der Waals surface area contributed by atoms with Gasteiger partial charge in [0, 0.05) is 23.8 Å². The number of benzene rings is 1. The van der Waals surface area contributed by atoms with Crippen molar-refractivity contribution in [1.82, 2.24) is 4.90 Å². The number of para-hydroxylation sites is 1. The molecule has 2 aliphatic rings. The smallest absolute Gasteiger partial charge is 0.410 e. The Kier molecular flexibility index (Phi) is 4.99. The van der Waals surface area contributed by atoms with Crippen LogP contribution in [0.5, 0.6) is 0 Å². The van der Waals surface area contributed by atoms with E-state index < -0.39 is 5.60 Å². The quantitative estimate of drug-likeness (QED) is 0.824. The van der Waals surface area contributed by atoms with Crippen molar-refractivity contribution in [3.8, 4) is 0 Å². The number of piperidine rings is 1. The maximum Gasteiger partial charge on any atom is 0.410 e. The predicted molar refractivity (Wildman–Crippen MR) is 102 cm³/mol. The monoisotopic (exact) mass is 344 g/mol. The third-order valence-electron chi connectivity index (χ3n) is 5.28. The second-order valence-corrected chi connectivity index (χ2v) is 8.83. The van der Waals surface area contributed by atoms with Crippen molar-refractivity contribution >= 4 is 11.8 Å². The zero-order chi connectivity index (χ0) is 18.2. The van der Waals surface area contributed by atoms with Crippen LogP contribution in [-0.4, -0.2) is 34.7 Å². The van der Waals surface area contributed by atoms with Gasteiger partial charge in [0.15, 0.2) is 0 Å². The number of carbonyl (C=O) groups is 1. The van der Waals surface area contributed by atoms with Crippen LogP contribution in [0.1, 0.15) is 71.8 Å². The Labute approximate surface area is 151 Å². The molecule has 3 rings (SSSR count). The number of ether oxygens (including phenoxy) is 1. The van der Waals surface area contributed by atoms with Gasteiger partial charge < -0.3 is 15.0 Å². The molecular weight excluding hydrogens is 312 g/mol. The first-order valence-electron chi connectivity index (χ1n) is 9.61. The third-order valence-corrected chi connectivity index (χ3v) is 5.28. The molecule has 138 valence electrons. The van der Waals surface area contributed by atoms with E-state index in [9.17, 15) is 4.79 Å². The highest BCUT2D eigenvalue weighted by Gasteiger charge is 2.44. The summed E-state index contributed by atoms with van der Waals surface area (Å²) in [5.41, 5.74) is 2.18. The van der Waals surface area contributed by atoms with Crippen LogP contribution in [0.2, 0.25) is 0 Å². The van der Waals surface area contributed by atoms with Crippen LogP contribution < -0.4 is 5.32 Å². The van der Waals surface area contributed by atoms with Crippen LogP contribution in [0.15, 0.2) is 24.3 Å². The number of hydrogen-bond acceptors (Lipinski definition) is 3. The lowest BCUT2D eigenvalue weighted by Gasteiger charge is -2.40. The summed E-state index contributed by atoms with van der Waals surface area (Å²) < 4.78 is 5.63. The summed E-state index contributed by atoms with van der Waals surface area (Å²) in [5.74, 6) is 0.502. The highest BCUT2D eigenvalue weighted by Crippen LogP contribution is 2.38. The minimum absolute atomic E-state index is 0.138. The van der Waals surface area contributed by atoms with Crippen LogP contribution in [0.3, 0.4) is 0 Å². The van der Waals surface area contributed by atoms with Gasteiger partial charge in [0.1, 0.15) is 5.60 Å². The molecule has 2 fully saturated rings. The minimum atomic E-state index is -0.429. The number of nitrogens with zero attached hydrogens (tertiary/aromatic N) is 1. The van der Waals surface area contributed by atoms with E-state index in [0.717, 1.165) is 25.7 Å². The van der Waals surface area contributed by atoms with Gasteiger partial charge in [-0.15, -0.1) is 0 Å². The maximum atomic E-state index is 12.6. The Morgan fingerprint density at radius 3 is 2.32 bits per heavy atom. The van der Waals surface area contributed by atoms with Gasteiger partial charge in [-0.25, -0.2) is 4.79 Å². The summed E-state index contributed by atoms with van der Waals surface area (Å²) in [4.78, 5) is 14.6. The molecule has 2 saturated heterocycles. The van der Waals surface area contributed by atoms with E-state index in [1.807, 2.05) is 25.7 Å². The fourth-order valence-corrected chi connectivity index (χ4v) is 4.26. The lowest BCUT2D eigenvalue weighted by molar-refractivity contribution is 0.00683. The number of nitrogens with one attached hydrogen (secondary N) is 1. The summed E-state index contributed by atoms with van der Waals surface area (Å²) in [5, 5.41) is 3.76. The maximum absolute atomic E-state index is 12.6. The normalized spacial score (nSPS) is 26.0. The largest absolute Gasteiger partial charge is 0.444 e. The molecule has 25 heavy (non-hydrogen) atoms. The first-order valence-corrected chi connectivity index (χ1v) is 9.61. The molecule has 4 heteroatoms. The summed E-state index contributed by atoms with van der Waals surface area (Å²) in [6.45, 7) is 10.3. The van der Waals surface area contributed by atoms with Gasteiger partial charge >= 0.3 is 6.09 Å². The average Bonchev–Trinajstić information content (AvgIpc) is 2.78. The summed E-state index contributed by atoms with van der Waals surface area (Å²) in [7, 11) is 0. The summed E-state index contributed by atoms with van der Waals surface area (Å²) in [6.07, 6.45) is 4.05. The second kappa shape index (κ2) is 6.89. The Morgan fingerprint density at radius 2 is 1.76 bits per heavy atom. The van der Waals surface area contributed by atoms with Gasteiger partial charge in [-0.3, -0.25) is 0 Å². The molecule has 2 bridgehead atoms. The van der Waals surface area contributed by atoms with E-state index in [0.29, 0.717) is 24.0 Å². The molecule has 0 aliphatic carbocycles. The van der Waals surface area contributed by atoms with Crippen molar-refractivity contribution in [2.24, 2.45) is 0 Å². The number of fused-ring (bicyclic) bond motifs is 2. The van der Waals surface area contributed by atoms with Crippen molar-refractivity contribution < 1.29 is 9.53 Å². The molecule has 0 spiro atoms. The fraction of sp³-hybridized carbons (Fsp3) is 0.667. The van der Waals surface area contributed by atoms with Gasteiger partial charge in [-0.2, -0.15) is 0 Å². The molecule has 1 N–H and O–H groups in total. The number of anilines is 1. The Hall–Kier alpha value is -1.71. The molecule has 3 atom stereocenters. The molecule has 1 aromatic rings. The summed E-state index contributed by atoms with van der Waals surface area (Å²) in [6, 6.07) is 9.62.